The van der Waals surface area contributed by atoms with E-state index in [-0.39, 0.29) is 17.9 Å². The van der Waals surface area contributed by atoms with Gasteiger partial charge in [0, 0.05) is 12.1 Å². The van der Waals surface area contributed by atoms with Crippen LogP contribution in [0.3, 0.4) is 0 Å². The summed E-state index contributed by atoms with van der Waals surface area (Å²) in [7, 11) is 6.19. The Morgan fingerprint density at radius 1 is 0.811 bits per heavy atom. The number of carbonyl (C=O) groups excluding carboxylic acids is 2. The van der Waals surface area contributed by atoms with Gasteiger partial charge in [-0.1, -0.05) is 18.2 Å². The fourth-order valence-corrected chi connectivity index (χ4v) is 4.53. The monoisotopic (exact) mass is 503 g/mol. The minimum absolute atomic E-state index is 0.0141. The van der Waals surface area contributed by atoms with Crippen molar-refractivity contribution in [1.29, 1.82) is 0 Å². The van der Waals surface area contributed by atoms with E-state index in [4.69, 9.17) is 18.9 Å². The van der Waals surface area contributed by atoms with E-state index >= 15 is 0 Å². The largest absolute Gasteiger partial charge is 0.507 e. The highest BCUT2D eigenvalue weighted by atomic mass is 16.5. The van der Waals surface area contributed by atoms with Crippen molar-refractivity contribution >= 4 is 17.4 Å². The van der Waals surface area contributed by atoms with Crippen molar-refractivity contribution < 1.29 is 33.6 Å². The average Bonchev–Trinajstić information content (AvgIpc) is 3.17. The number of nitrogens with zero attached hydrogens (tertiary/aromatic N) is 1. The van der Waals surface area contributed by atoms with Crippen LogP contribution in [0.1, 0.15) is 28.3 Å². The molecule has 1 atom stereocenters. The molecular formula is C29H29NO7. The molecule has 0 bridgehead atoms. The molecule has 0 radical (unpaired) electrons. The molecule has 37 heavy (non-hydrogen) atoms. The maximum atomic E-state index is 13.4. The first-order valence-electron chi connectivity index (χ1n) is 11.6. The summed E-state index contributed by atoms with van der Waals surface area (Å²) in [5, 5.41) is 11.3. The molecule has 1 heterocycles. The lowest BCUT2D eigenvalue weighted by Gasteiger charge is -2.26. The number of likely N-dealkylation sites (tertiary alicyclic amines) is 1. The fourth-order valence-electron chi connectivity index (χ4n) is 4.53. The summed E-state index contributed by atoms with van der Waals surface area (Å²) < 4.78 is 21.3. The standard InChI is InChI=1S/C29H29NO7/c1-17-14-20(9-13-22(17)35-3)27(31)25-26(19-7-10-21(34-2)11-8-19)30(29(33)28(25)32)16-18-6-12-23(36-4)24(15-18)37-5/h6-15,26,31H,16H2,1-5H3/b27-25-. The molecule has 1 unspecified atom stereocenters. The van der Waals surface area contributed by atoms with Crippen molar-refractivity contribution in [2.45, 2.75) is 19.5 Å². The molecular weight excluding hydrogens is 474 g/mol. The van der Waals surface area contributed by atoms with Crippen LogP contribution in [-0.2, 0) is 16.1 Å². The molecule has 1 fully saturated rings. The van der Waals surface area contributed by atoms with Crippen molar-refractivity contribution in [3.05, 3.63) is 88.5 Å². The SMILES string of the molecule is COc1ccc(C2/C(=C(/O)c3ccc(OC)c(C)c3)C(=O)C(=O)N2Cc2ccc(OC)c(OC)c2)cc1. The number of aliphatic hydroxyl groups is 1. The number of aliphatic hydroxyl groups excluding tert-OH is 1. The molecule has 1 aliphatic heterocycles. The maximum Gasteiger partial charge on any atom is 0.295 e. The third kappa shape index (κ3) is 4.82. The van der Waals surface area contributed by atoms with E-state index in [1.165, 1.54) is 12.0 Å². The summed E-state index contributed by atoms with van der Waals surface area (Å²) in [6.45, 7) is 1.95. The summed E-state index contributed by atoms with van der Waals surface area (Å²) in [6, 6.07) is 16.7. The summed E-state index contributed by atoms with van der Waals surface area (Å²) >= 11 is 0. The van der Waals surface area contributed by atoms with Crippen molar-refractivity contribution in [2.75, 3.05) is 28.4 Å². The predicted molar refractivity (Wildman–Crippen MR) is 138 cm³/mol. The Balaban J connectivity index is 1.84. The first-order valence-corrected chi connectivity index (χ1v) is 11.6. The van der Waals surface area contributed by atoms with Crippen molar-refractivity contribution in [2.24, 2.45) is 0 Å². The van der Waals surface area contributed by atoms with Crippen LogP contribution in [0.15, 0.2) is 66.2 Å². The zero-order valence-electron chi connectivity index (χ0n) is 21.4. The normalized spacial score (nSPS) is 16.6. The highest BCUT2D eigenvalue weighted by Gasteiger charge is 2.46. The molecule has 0 saturated carbocycles. The summed E-state index contributed by atoms with van der Waals surface area (Å²) in [6.07, 6.45) is 0. The molecule has 8 heteroatoms. The minimum Gasteiger partial charge on any atom is -0.507 e. The van der Waals surface area contributed by atoms with Crippen LogP contribution in [-0.4, -0.2) is 50.1 Å². The second-order valence-electron chi connectivity index (χ2n) is 8.57. The Morgan fingerprint density at radius 3 is 2.05 bits per heavy atom. The molecule has 3 aromatic carbocycles. The number of carbonyl (C=O) groups is 2. The van der Waals surface area contributed by atoms with Gasteiger partial charge in [-0.2, -0.15) is 0 Å². The Hall–Kier alpha value is -4.46. The van der Waals surface area contributed by atoms with Crippen LogP contribution >= 0.6 is 0 Å². The van der Waals surface area contributed by atoms with Crippen LogP contribution < -0.4 is 18.9 Å². The van der Waals surface area contributed by atoms with E-state index < -0.39 is 17.7 Å². The number of rotatable bonds is 8. The van der Waals surface area contributed by atoms with Gasteiger partial charge in [0.15, 0.2) is 11.5 Å². The van der Waals surface area contributed by atoms with E-state index in [2.05, 4.69) is 0 Å². The van der Waals surface area contributed by atoms with Crippen LogP contribution in [0.2, 0.25) is 0 Å². The first kappa shape index (κ1) is 25.6. The highest BCUT2D eigenvalue weighted by molar-refractivity contribution is 6.46. The van der Waals surface area contributed by atoms with Gasteiger partial charge in [0.2, 0.25) is 0 Å². The second kappa shape index (κ2) is 10.7. The maximum absolute atomic E-state index is 13.4. The zero-order chi connectivity index (χ0) is 26.7. The lowest BCUT2D eigenvalue weighted by molar-refractivity contribution is -0.140. The van der Waals surface area contributed by atoms with Crippen LogP contribution in [0, 0.1) is 6.92 Å². The summed E-state index contributed by atoms with van der Waals surface area (Å²) in [5.74, 6) is 0.624. The molecule has 4 rings (SSSR count). The van der Waals surface area contributed by atoms with Crippen LogP contribution in [0.4, 0.5) is 0 Å². The van der Waals surface area contributed by atoms with Crippen molar-refractivity contribution in [1.82, 2.24) is 4.90 Å². The molecule has 0 aromatic heterocycles. The lowest BCUT2D eigenvalue weighted by Crippen LogP contribution is -2.29. The third-order valence-electron chi connectivity index (χ3n) is 6.44. The number of ketones is 1. The number of Topliss-reactive ketones (excluding diaryl/α,β-unsaturated/α-hetero) is 1. The van der Waals surface area contributed by atoms with Gasteiger partial charge in [-0.05, 0) is 66.1 Å². The van der Waals surface area contributed by atoms with Gasteiger partial charge in [0.25, 0.3) is 11.7 Å². The summed E-state index contributed by atoms with van der Waals surface area (Å²) in [5.41, 5.74) is 2.61. The Kier molecular flexibility index (Phi) is 7.38. The van der Waals surface area contributed by atoms with E-state index in [0.717, 1.165) is 11.1 Å². The number of methoxy groups -OCH3 is 4. The Morgan fingerprint density at radius 2 is 1.46 bits per heavy atom. The van der Waals surface area contributed by atoms with Gasteiger partial charge in [-0.3, -0.25) is 9.59 Å². The smallest absolute Gasteiger partial charge is 0.295 e. The number of ether oxygens (including phenoxy) is 4. The average molecular weight is 504 g/mol. The molecule has 1 saturated heterocycles. The zero-order valence-corrected chi connectivity index (χ0v) is 21.4. The Labute approximate surface area is 215 Å². The van der Waals surface area contributed by atoms with Gasteiger partial charge in [-0.25, -0.2) is 0 Å². The topological polar surface area (TPSA) is 94.5 Å². The highest BCUT2D eigenvalue weighted by Crippen LogP contribution is 2.41. The number of aryl methyl sites for hydroxylation is 1. The molecule has 0 spiro atoms. The predicted octanol–water partition coefficient (Wildman–Crippen LogP) is 4.65. The van der Waals surface area contributed by atoms with E-state index in [1.807, 2.05) is 6.92 Å². The minimum atomic E-state index is -0.818. The molecule has 3 aromatic rings. The molecule has 1 aliphatic rings. The van der Waals surface area contributed by atoms with E-state index in [0.29, 0.717) is 34.1 Å². The molecule has 1 amide bonds. The number of amides is 1. The van der Waals surface area contributed by atoms with Gasteiger partial charge in [0.05, 0.1) is 40.1 Å². The number of hydrogen-bond acceptors (Lipinski definition) is 7. The van der Waals surface area contributed by atoms with Gasteiger partial charge >= 0.3 is 0 Å². The molecule has 8 nitrogen and oxygen atoms in total. The van der Waals surface area contributed by atoms with Gasteiger partial charge in [0.1, 0.15) is 17.3 Å². The lowest BCUT2D eigenvalue weighted by atomic mass is 9.94. The second-order valence-corrected chi connectivity index (χ2v) is 8.57. The van der Waals surface area contributed by atoms with Crippen LogP contribution in [0.25, 0.3) is 5.76 Å². The van der Waals surface area contributed by atoms with Gasteiger partial charge in [-0.15, -0.1) is 0 Å². The Bertz CT molecular complexity index is 1360. The third-order valence-corrected chi connectivity index (χ3v) is 6.44. The van der Waals surface area contributed by atoms with Crippen molar-refractivity contribution in [3.8, 4) is 23.0 Å². The number of hydrogen-bond donors (Lipinski definition) is 1. The van der Waals surface area contributed by atoms with E-state index in [1.54, 1.807) is 82.0 Å². The molecule has 0 aliphatic carbocycles. The van der Waals surface area contributed by atoms with Crippen molar-refractivity contribution in [3.63, 3.8) is 0 Å². The van der Waals surface area contributed by atoms with E-state index in [9.17, 15) is 14.7 Å². The first-order chi connectivity index (χ1) is 17.8. The quantitative estimate of drug-likeness (QED) is 0.272. The van der Waals surface area contributed by atoms with Gasteiger partial charge < -0.3 is 29.0 Å². The summed E-state index contributed by atoms with van der Waals surface area (Å²) in [4.78, 5) is 28.1. The molecule has 1 N–H and O–H groups in total. The number of benzene rings is 3. The van der Waals surface area contributed by atoms with Crippen LogP contribution in [0.5, 0.6) is 23.0 Å². The fraction of sp³-hybridized carbons (Fsp3) is 0.241. The molecule has 192 valence electrons.